The Hall–Kier alpha value is -2.56. The lowest BCUT2D eigenvalue weighted by molar-refractivity contribution is 0.302. The molecule has 2 aromatic heterocycles. The lowest BCUT2D eigenvalue weighted by Gasteiger charge is -2.10. The highest BCUT2D eigenvalue weighted by atomic mass is 16.5. The van der Waals surface area contributed by atoms with E-state index >= 15 is 0 Å². The van der Waals surface area contributed by atoms with E-state index in [-0.39, 0.29) is 5.56 Å². The van der Waals surface area contributed by atoms with Crippen LogP contribution >= 0.6 is 0 Å². The predicted octanol–water partition coefficient (Wildman–Crippen LogP) is 3.20. The molecule has 3 rings (SSSR count). The first-order chi connectivity index (χ1) is 11.1. The van der Waals surface area contributed by atoms with Crippen molar-refractivity contribution in [2.75, 3.05) is 6.61 Å². The van der Waals surface area contributed by atoms with Crippen LogP contribution in [0.4, 0.5) is 0 Å². The minimum atomic E-state index is 0.0285. The van der Waals surface area contributed by atoms with E-state index in [9.17, 15) is 4.79 Å². The van der Waals surface area contributed by atoms with Gasteiger partial charge >= 0.3 is 0 Å². The van der Waals surface area contributed by atoms with Crippen molar-refractivity contribution >= 4 is 11.0 Å². The highest BCUT2D eigenvalue weighted by Crippen LogP contribution is 2.11. The number of ether oxygens (including phenoxy) is 1. The van der Waals surface area contributed by atoms with Gasteiger partial charge in [-0.1, -0.05) is 18.2 Å². The molecule has 0 saturated carbocycles. The number of hydrogen-bond donors (Lipinski definition) is 1. The zero-order valence-electron chi connectivity index (χ0n) is 13.5. The molecule has 1 N–H and O–H groups in total. The standard InChI is InChI=1S/C18H21N3O2/c1-13-12-16-17(19-13)20-14(2)21(18(16)22)10-6-7-11-23-15-8-4-3-5-9-15/h3-5,8-9,12,19H,6-7,10-11H2,1-2H3. The predicted molar refractivity (Wildman–Crippen MR) is 91.0 cm³/mol. The molecule has 0 radical (unpaired) electrons. The smallest absolute Gasteiger partial charge is 0.263 e. The maximum Gasteiger partial charge on any atom is 0.263 e. The summed E-state index contributed by atoms with van der Waals surface area (Å²) in [6.45, 7) is 5.12. The summed E-state index contributed by atoms with van der Waals surface area (Å²) < 4.78 is 7.42. The van der Waals surface area contributed by atoms with Crippen molar-refractivity contribution in [2.45, 2.75) is 33.2 Å². The topological polar surface area (TPSA) is 59.9 Å². The van der Waals surface area contributed by atoms with E-state index in [0.717, 1.165) is 30.1 Å². The summed E-state index contributed by atoms with van der Waals surface area (Å²) in [6, 6.07) is 11.6. The van der Waals surface area contributed by atoms with Gasteiger partial charge in [-0.05, 0) is 44.9 Å². The lowest BCUT2D eigenvalue weighted by Crippen LogP contribution is -2.23. The Bertz CT molecular complexity index is 850. The number of para-hydroxylation sites is 1. The van der Waals surface area contributed by atoms with E-state index in [2.05, 4.69) is 9.97 Å². The third-order valence-corrected chi connectivity index (χ3v) is 3.86. The molecule has 0 fully saturated rings. The van der Waals surface area contributed by atoms with Crippen LogP contribution in [-0.4, -0.2) is 21.1 Å². The quantitative estimate of drug-likeness (QED) is 0.711. The van der Waals surface area contributed by atoms with Gasteiger partial charge in [0.1, 0.15) is 17.2 Å². The normalized spacial score (nSPS) is 11.0. The number of H-pyrrole nitrogens is 1. The van der Waals surface area contributed by atoms with Crippen molar-refractivity contribution < 1.29 is 4.74 Å². The van der Waals surface area contributed by atoms with E-state index in [1.165, 1.54) is 0 Å². The third-order valence-electron chi connectivity index (χ3n) is 3.86. The fraction of sp³-hybridized carbons (Fsp3) is 0.333. The molecule has 0 aliphatic rings. The van der Waals surface area contributed by atoms with Crippen LogP contribution in [0.3, 0.4) is 0 Å². The van der Waals surface area contributed by atoms with Crippen molar-refractivity contribution in [1.82, 2.24) is 14.5 Å². The Morgan fingerprint density at radius 3 is 2.74 bits per heavy atom. The van der Waals surface area contributed by atoms with Crippen molar-refractivity contribution in [2.24, 2.45) is 0 Å². The monoisotopic (exact) mass is 311 g/mol. The number of hydrogen-bond acceptors (Lipinski definition) is 3. The van der Waals surface area contributed by atoms with Crippen molar-refractivity contribution in [1.29, 1.82) is 0 Å². The number of nitrogens with one attached hydrogen (secondary N) is 1. The molecule has 120 valence electrons. The van der Waals surface area contributed by atoms with Gasteiger partial charge in [-0.2, -0.15) is 0 Å². The first-order valence-corrected chi connectivity index (χ1v) is 7.90. The Morgan fingerprint density at radius 1 is 1.17 bits per heavy atom. The van der Waals surface area contributed by atoms with Crippen LogP contribution in [0.25, 0.3) is 11.0 Å². The van der Waals surface area contributed by atoms with E-state index < -0.39 is 0 Å². The molecule has 5 heteroatoms. The van der Waals surface area contributed by atoms with E-state index in [1.807, 2.05) is 50.2 Å². The largest absolute Gasteiger partial charge is 0.494 e. The minimum Gasteiger partial charge on any atom is -0.494 e. The molecule has 0 spiro atoms. The van der Waals surface area contributed by atoms with Crippen LogP contribution in [-0.2, 0) is 6.54 Å². The van der Waals surface area contributed by atoms with Crippen LogP contribution in [0.15, 0.2) is 41.2 Å². The molecule has 0 unspecified atom stereocenters. The van der Waals surface area contributed by atoms with Crippen LogP contribution in [0.2, 0.25) is 0 Å². The highest BCUT2D eigenvalue weighted by molar-refractivity contribution is 5.75. The van der Waals surface area contributed by atoms with Crippen LogP contribution in [0.1, 0.15) is 24.4 Å². The maximum atomic E-state index is 12.5. The van der Waals surface area contributed by atoms with Crippen LogP contribution < -0.4 is 10.3 Å². The zero-order valence-corrected chi connectivity index (χ0v) is 13.5. The van der Waals surface area contributed by atoms with Crippen molar-refractivity contribution in [3.8, 4) is 5.75 Å². The molecule has 5 nitrogen and oxygen atoms in total. The molecule has 0 atom stereocenters. The summed E-state index contributed by atoms with van der Waals surface area (Å²) in [5.41, 5.74) is 1.66. The van der Waals surface area contributed by atoms with E-state index in [0.29, 0.717) is 24.2 Å². The number of benzene rings is 1. The number of aromatic nitrogens is 3. The molecule has 1 aromatic carbocycles. The summed E-state index contributed by atoms with van der Waals surface area (Å²) in [5, 5.41) is 0.661. The first kappa shape index (κ1) is 15.3. The fourth-order valence-electron chi connectivity index (χ4n) is 2.68. The van der Waals surface area contributed by atoms with E-state index in [4.69, 9.17) is 4.74 Å². The molecule has 23 heavy (non-hydrogen) atoms. The fourth-order valence-corrected chi connectivity index (χ4v) is 2.68. The van der Waals surface area contributed by atoms with Gasteiger partial charge in [0.25, 0.3) is 5.56 Å². The molecule has 0 aliphatic carbocycles. The Kier molecular flexibility index (Phi) is 4.46. The maximum absolute atomic E-state index is 12.5. The Labute approximate surface area is 134 Å². The van der Waals surface area contributed by atoms with Crippen molar-refractivity contribution in [3.05, 3.63) is 58.3 Å². The Balaban J connectivity index is 1.60. The van der Waals surface area contributed by atoms with E-state index in [1.54, 1.807) is 4.57 Å². The van der Waals surface area contributed by atoms with Gasteiger partial charge in [-0.3, -0.25) is 9.36 Å². The van der Waals surface area contributed by atoms with Crippen LogP contribution in [0.5, 0.6) is 5.75 Å². The van der Waals surface area contributed by atoms with Gasteiger partial charge < -0.3 is 9.72 Å². The van der Waals surface area contributed by atoms with Crippen LogP contribution in [0, 0.1) is 13.8 Å². The number of fused-ring (bicyclic) bond motifs is 1. The van der Waals surface area contributed by atoms with Gasteiger partial charge in [0, 0.05) is 12.2 Å². The molecular weight excluding hydrogens is 290 g/mol. The van der Waals surface area contributed by atoms with Crippen molar-refractivity contribution in [3.63, 3.8) is 0 Å². The number of nitrogens with zero attached hydrogens (tertiary/aromatic N) is 2. The Morgan fingerprint density at radius 2 is 1.96 bits per heavy atom. The molecule has 0 amide bonds. The average molecular weight is 311 g/mol. The second-order valence-corrected chi connectivity index (χ2v) is 5.70. The second-order valence-electron chi connectivity index (χ2n) is 5.70. The molecular formula is C18H21N3O2. The molecule has 0 bridgehead atoms. The average Bonchev–Trinajstić information content (AvgIpc) is 2.91. The number of rotatable bonds is 6. The highest BCUT2D eigenvalue weighted by Gasteiger charge is 2.09. The molecule has 3 aromatic rings. The summed E-state index contributed by atoms with van der Waals surface area (Å²) in [4.78, 5) is 20.1. The number of unbranched alkanes of at least 4 members (excludes halogenated alkanes) is 1. The zero-order chi connectivity index (χ0) is 16.2. The van der Waals surface area contributed by atoms with Gasteiger partial charge in [-0.25, -0.2) is 4.98 Å². The minimum absolute atomic E-state index is 0.0285. The number of aryl methyl sites for hydroxylation is 2. The summed E-state index contributed by atoms with van der Waals surface area (Å²) in [7, 11) is 0. The molecule has 2 heterocycles. The first-order valence-electron chi connectivity index (χ1n) is 7.90. The summed E-state index contributed by atoms with van der Waals surface area (Å²) in [6.07, 6.45) is 1.77. The van der Waals surface area contributed by atoms with Gasteiger partial charge in [0.15, 0.2) is 0 Å². The van der Waals surface area contributed by atoms with Gasteiger partial charge in [0.05, 0.1) is 12.0 Å². The summed E-state index contributed by atoms with van der Waals surface area (Å²) >= 11 is 0. The molecule has 0 saturated heterocycles. The molecule has 0 aliphatic heterocycles. The SMILES string of the molecule is Cc1cc2c(=O)n(CCCCOc3ccccc3)c(C)nc2[nH]1. The summed E-state index contributed by atoms with van der Waals surface area (Å²) in [5.74, 6) is 1.63. The number of aromatic amines is 1. The third kappa shape index (κ3) is 3.44. The van der Waals surface area contributed by atoms with Gasteiger partial charge in [-0.15, -0.1) is 0 Å². The second kappa shape index (κ2) is 6.69. The lowest BCUT2D eigenvalue weighted by atomic mass is 10.3. The van der Waals surface area contributed by atoms with Gasteiger partial charge in [0.2, 0.25) is 0 Å².